The fourth-order valence-electron chi connectivity index (χ4n) is 2.99. The lowest BCUT2D eigenvalue weighted by Gasteiger charge is -2.23. The number of hydrogen-bond donors (Lipinski definition) is 1. The highest BCUT2D eigenvalue weighted by atomic mass is 32.2. The second-order valence-electron chi connectivity index (χ2n) is 5.54. The van der Waals surface area contributed by atoms with E-state index in [2.05, 4.69) is 0 Å². The molecule has 0 spiro atoms. The van der Waals surface area contributed by atoms with Gasteiger partial charge >= 0.3 is 0 Å². The van der Waals surface area contributed by atoms with Gasteiger partial charge in [0.2, 0.25) is 15.9 Å². The smallest absolute Gasteiger partial charge is 0.244 e. The molecule has 0 bridgehead atoms. The topological polar surface area (TPSA) is 80.5 Å². The van der Waals surface area contributed by atoms with Crippen molar-refractivity contribution in [2.45, 2.75) is 23.8 Å². The molecule has 0 saturated carbocycles. The summed E-state index contributed by atoms with van der Waals surface area (Å²) < 4.78 is 27.4. The molecule has 3 rings (SSSR count). The molecule has 1 saturated heterocycles. The Labute approximate surface area is 135 Å². The summed E-state index contributed by atoms with van der Waals surface area (Å²) >= 11 is 0. The van der Waals surface area contributed by atoms with Crippen LogP contribution in [0.3, 0.4) is 0 Å². The zero-order valence-corrected chi connectivity index (χ0v) is 13.4. The third kappa shape index (κ3) is 2.87. The van der Waals surface area contributed by atoms with Crippen molar-refractivity contribution in [2.24, 2.45) is 5.73 Å². The SMILES string of the molecule is NC(=O)[C@H]1CCCN1S(=O)(=O)c1ccccc1-c1ccccc1. The average molecular weight is 330 g/mol. The number of primary amides is 1. The molecular weight excluding hydrogens is 312 g/mol. The van der Waals surface area contributed by atoms with Crippen LogP contribution >= 0.6 is 0 Å². The van der Waals surface area contributed by atoms with Gasteiger partial charge in [0, 0.05) is 12.1 Å². The Hall–Kier alpha value is -2.18. The summed E-state index contributed by atoms with van der Waals surface area (Å²) in [5.74, 6) is -0.594. The van der Waals surface area contributed by atoms with Gasteiger partial charge in [0.05, 0.1) is 4.90 Å². The minimum absolute atomic E-state index is 0.208. The molecule has 0 aromatic heterocycles. The van der Waals surface area contributed by atoms with E-state index in [4.69, 9.17) is 5.73 Å². The molecule has 0 radical (unpaired) electrons. The van der Waals surface area contributed by atoms with Crippen molar-refractivity contribution in [3.8, 4) is 11.1 Å². The predicted octanol–water partition coefficient (Wildman–Crippen LogP) is 1.99. The van der Waals surface area contributed by atoms with Crippen molar-refractivity contribution < 1.29 is 13.2 Å². The first-order valence-corrected chi connectivity index (χ1v) is 8.91. The maximum atomic E-state index is 13.1. The van der Waals surface area contributed by atoms with Gasteiger partial charge in [-0.15, -0.1) is 0 Å². The molecule has 1 amide bonds. The van der Waals surface area contributed by atoms with Crippen LogP contribution in [0.25, 0.3) is 11.1 Å². The van der Waals surface area contributed by atoms with E-state index in [0.717, 1.165) is 5.56 Å². The van der Waals surface area contributed by atoms with Gasteiger partial charge in [0.1, 0.15) is 6.04 Å². The van der Waals surface area contributed by atoms with E-state index >= 15 is 0 Å². The van der Waals surface area contributed by atoms with Gasteiger partial charge in [0.25, 0.3) is 0 Å². The van der Waals surface area contributed by atoms with Crippen molar-refractivity contribution in [3.05, 3.63) is 54.6 Å². The number of carbonyl (C=O) groups excluding carboxylic acids is 1. The zero-order chi connectivity index (χ0) is 16.4. The summed E-state index contributed by atoms with van der Waals surface area (Å²) in [4.78, 5) is 11.8. The number of benzene rings is 2. The van der Waals surface area contributed by atoms with E-state index in [0.29, 0.717) is 24.9 Å². The van der Waals surface area contributed by atoms with Gasteiger partial charge in [-0.1, -0.05) is 48.5 Å². The molecule has 2 aromatic carbocycles. The molecule has 23 heavy (non-hydrogen) atoms. The van der Waals surface area contributed by atoms with Gasteiger partial charge in [-0.05, 0) is 24.5 Å². The summed E-state index contributed by atoms with van der Waals surface area (Å²) in [6, 6.07) is 15.4. The van der Waals surface area contributed by atoms with E-state index in [1.54, 1.807) is 24.3 Å². The summed E-state index contributed by atoms with van der Waals surface area (Å²) in [5, 5.41) is 0. The Morgan fingerprint density at radius 3 is 2.39 bits per heavy atom. The fourth-order valence-corrected chi connectivity index (χ4v) is 4.87. The van der Waals surface area contributed by atoms with Crippen LogP contribution in [0.5, 0.6) is 0 Å². The summed E-state index contributed by atoms with van der Waals surface area (Å²) in [6.07, 6.45) is 1.11. The molecule has 2 N–H and O–H groups in total. The summed E-state index contributed by atoms with van der Waals surface area (Å²) in [5.41, 5.74) is 6.82. The Morgan fingerprint density at radius 1 is 1.04 bits per heavy atom. The van der Waals surface area contributed by atoms with E-state index in [9.17, 15) is 13.2 Å². The molecule has 2 aromatic rings. The molecular formula is C17H18N2O3S. The predicted molar refractivity (Wildman–Crippen MR) is 88.0 cm³/mol. The van der Waals surface area contributed by atoms with Crippen molar-refractivity contribution in [3.63, 3.8) is 0 Å². The summed E-state index contributed by atoms with van der Waals surface area (Å²) in [7, 11) is -3.78. The van der Waals surface area contributed by atoms with Gasteiger partial charge in [0.15, 0.2) is 0 Å². The molecule has 1 aliphatic rings. The Morgan fingerprint density at radius 2 is 1.70 bits per heavy atom. The average Bonchev–Trinajstić information content (AvgIpc) is 3.06. The first-order valence-electron chi connectivity index (χ1n) is 7.47. The van der Waals surface area contributed by atoms with Gasteiger partial charge in [-0.3, -0.25) is 4.79 Å². The highest BCUT2D eigenvalue weighted by molar-refractivity contribution is 7.89. The lowest BCUT2D eigenvalue weighted by atomic mass is 10.1. The number of hydrogen-bond acceptors (Lipinski definition) is 3. The molecule has 0 unspecified atom stereocenters. The molecule has 120 valence electrons. The van der Waals surface area contributed by atoms with Crippen LogP contribution in [-0.4, -0.2) is 31.2 Å². The first kappa shape index (κ1) is 15.7. The third-order valence-electron chi connectivity index (χ3n) is 4.09. The second kappa shape index (κ2) is 6.14. The fraction of sp³-hybridized carbons (Fsp3) is 0.235. The van der Waals surface area contributed by atoms with Crippen LogP contribution < -0.4 is 5.73 Å². The molecule has 1 aliphatic heterocycles. The Kier molecular flexibility index (Phi) is 4.19. The maximum absolute atomic E-state index is 13.1. The van der Waals surface area contributed by atoms with E-state index in [-0.39, 0.29) is 4.90 Å². The molecule has 6 heteroatoms. The maximum Gasteiger partial charge on any atom is 0.244 e. The minimum atomic E-state index is -3.78. The lowest BCUT2D eigenvalue weighted by Crippen LogP contribution is -2.43. The summed E-state index contributed by atoms with van der Waals surface area (Å²) in [6.45, 7) is 0.319. The van der Waals surface area contributed by atoms with Crippen LogP contribution in [0.4, 0.5) is 0 Å². The van der Waals surface area contributed by atoms with Crippen LogP contribution in [0.2, 0.25) is 0 Å². The van der Waals surface area contributed by atoms with Crippen LogP contribution in [0, 0.1) is 0 Å². The quantitative estimate of drug-likeness (QED) is 0.931. The number of sulfonamides is 1. The number of amides is 1. The van der Waals surface area contributed by atoms with Gasteiger partial charge in [-0.25, -0.2) is 8.42 Å². The Bertz CT molecular complexity index is 819. The monoisotopic (exact) mass is 330 g/mol. The molecule has 1 fully saturated rings. The Balaban J connectivity index is 2.10. The van der Waals surface area contributed by atoms with Crippen LogP contribution in [-0.2, 0) is 14.8 Å². The molecule has 5 nitrogen and oxygen atoms in total. The van der Waals surface area contributed by atoms with E-state index in [1.165, 1.54) is 4.31 Å². The third-order valence-corrected chi connectivity index (χ3v) is 6.06. The highest BCUT2D eigenvalue weighted by Crippen LogP contribution is 2.32. The number of carbonyl (C=O) groups is 1. The molecule has 0 aliphatic carbocycles. The second-order valence-corrected chi connectivity index (χ2v) is 7.40. The first-order chi connectivity index (χ1) is 11.0. The van der Waals surface area contributed by atoms with Crippen LogP contribution in [0.1, 0.15) is 12.8 Å². The van der Waals surface area contributed by atoms with Crippen molar-refractivity contribution in [1.29, 1.82) is 0 Å². The number of nitrogens with zero attached hydrogens (tertiary/aromatic N) is 1. The normalized spacial score (nSPS) is 18.9. The lowest BCUT2D eigenvalue weighted by molar-refractivity contribution is -0.121. The van der Waals surface area contributed by atoms with Crippen molar-refractivity contribution in [2.75, 3.05) is 6.54 Å². The standard InChI is InChI=1S/C17H18N2O3S/c18-17(20)15-10-6-12-19(15)23(21,22)16-11-5-4-9-14(16)13-7-2-1-3-8-13/h1-5,7-9,11,15H,6,10,12H2,(H2,18,20)/t15-/m1/s1. The largest absolute Gasteiger partial charge is 0.368 e. The number of nitrogens with two attached hydrogens (primary N) is 1. The van der Waals surface area contributed by atoms with E-state index in [1.807, 2.05) is 30.3 Å². The zero-order valence-electron chi connectivity index (χ0n) is 12.6. The van der Waals surface area contributed by atoms with Crippen molar-refractivity contribution >= 4 is 15.9 Å². The van der Waals surface area contributed by atoms with Crippen LogP contribution in [0.15, 0.2) is 59.5 Å². The van der Waals surface area contributed by atoms with Gasteiger partial charge < -0.3 is 5.73 Å². The molecule has 1 heterocycles. The van der Waals surface area contributed by atoms with E-state index < -0.39 is 22.0 Å². The van der Waals surface area contributed by atoms with Crippen molar-refractivity contribution in [1.82, 2.24) is 4.31 Å². The minimum Gasteiger partial charge on any atom is -0.368 e. The molecule has 1 atom stereocenters. The highest BCUT2D eigenvalue weighted by Gasteiger charge is 2.39. The van der Waals surface area contributed by atoms with Gasteiger partial charge in [-0.2, -0.15) is 4.31 Å². The number of rotatable bonds is 4.